The molecule has 1 amide bonds. The molecular weight excluding hydrogens is 426 g/mol. The molecule has 32 heavy (non-hydrogen) atoms. The van der Waals surface area contributed by atoms with Gasteiger partial charge in [0.15, 0.2) is 0 Å². The highest BCUT2D eigenvalue weighted by molar-refractivity contribution is 6.41. The van der Waals surface area contributed by atoms with Gasteiger partial charge in [0.05, 0.1) is 35.5 Å². The Labute approximate surface area is 194 Å². The van der Waals surface area contributed by atoms with Crippen LogP contribution in [-0.2, 0) is 4.79 Å². The highest BCUT2D eigenvalue weighted by Gasteiger charge is 2.40. The third kappa shape index (κ3) is 4.62. The van der Waals surface area contributed by atoms with Crippen LogP contribution in [0.2, 0.25) is 5.02 Å². The van der Waals surface area contributed by atoms with E-state index in [4.69, 9.17) is 21.4 Å². The fourth-order valence-electron chi connectivity index (χ4n) is 4.60. The van der Waals surface area contributed by atoms with E-state index in [-0.39, 0.29) is 23.9 Å². The molecule has 1 aliphatic heterocycles. The molecule has 6 nitrogen and oxygen atoms in total. The monoisotopic (exact) mass is 455 g/mol. The van der Waals surface area contributed by atoms with Crippen LogP contribution in [0.1, 0.15) is 51.1 Å². The van der Waals surface area contributed by atoms with Gasteiger partial charge in [0.2, 0.25) is 0 Å². The summed E-state index contributed by atoms with van der Waals surface area (Å²) in [6.07, 6.45) is 2.99. The van der Waals surface area contributed by atoms with Crippen LogP contribution < -0.4 is 15.1 Å². The largest absolute Gasteiger partial charge is 0.494 e. The molecule has 1 aliphatic carbocycles. The fourth-order valence-corrected chi connectivity index (χ4v) is 4.83. The zero-order valence-corrected chi connectivity index (χ0v) is 19.3. The number of halogens is 1. The summed E-state index contributed by atoms with van der Waals surface area (Å²) < 4.78 is 5.58. The van der Waals surface area contributed by atoms with E-state index >= 15 is 0 Å². The van der Waals surface area contributed by atoms with Gasteiger partial charge in [0.1, 0.15) is 11.5 Å². The molecule has 0 aromatic heterocycles. The van der Waals surface area contributed by atoms with Crippen molar-refractivity contribution in [3.8, 4) is 5.75 Å². The Bertz CT molecular complexity index is 979. The van der Waals surface area contributed by atoms with E-state index in [2.05, 4.69) is 5.32 Å². The van der Waals surface area contributed by atoms with Gasteiger partial charge in [-0.1, -0.05) is 55.6 Å². The molecule has 0 spiro atoms. The Morgan fingerprint density at radius 1 is 1.19 bits per heavy atom. The SMILES string of the molecule is CCOc1ccc(C2C(C)C(C(=O)N[C@H]3CCCC[C@@H]3O)=NN2c2ccccc2Cl)cc1. The topological polar surface area (TPSA) is 74.2 Å². The Morgan fingerprint density at radius 3 is 2.59 bits per heavy atom. The Morgan fingerprint density at radius 2 is 1.91 bits per heavy atom. The predicted molar refractivity (Wildman–Crippen MR) is 127 cm³/mol. The highest BCUT2D eigenvalue weighted by atomic mass is 35.5. The second kappa shape index (κ2) is 9.92. The molecular formula is C25H30ClN3O3. The van der Waals surface area contributed by atoms with Crippen LogP contribution in [0.5, 0.6) is 5.75 Å². The first-order valence-corrected chi connectivity index (χ1v) is 11.7. The third-order valence-corrected chi connectivity index (χ3v) is 6.61. The lowest BCUT2D eigenvalue weighted by Gasteiger charge is -2.29. The van der Waals surface area contributed by atoms with Crippen molar-refractivity contribution in [2.75, 3.05) is 11.6 Å². The maximum absolute atomic E-state index is 13.2. The average molecular weight is 456 g/mol. The summed E-state index contributed by atoms with van der Waals surface area (Å²) in [6.45, 7) is 4.56. The highest BCUT2D eigenvalue weighted by Crippen LogP contribution is 2.42. The molecule has 1 fully saturated rings. The number of benzene rings is 2. The number of hydrogen-bond donors (Lipinski definition) is 2. The van der Waals surface area contributed by atoms with Crippen molar-refractivity contribution >= 4 is 28.9 Å². The number of aliphatic hydroxyl groups excluding tert-OH is 1. The van der Waals surface area contributed by atoms with Gasteiger partial charge in [-0.15, -0.1) is 0 Å². The molecule has 4 rings (SSSR count). The summed E-state index contributed by atoms with van der Waals surface area (Å²) >= 11 is 6.51. The van der Waals surface area contributed by atoms with Crippen molar-refractivity contribution in [3.05, 3.63) is 59.1 Å². The van der Waals surface area contributed by atoms with E-state index in [9.17, 15) is 9.90 Å². The Kier molecular flexibility index (Phi) is 7.01. The first kappa shape index (κ1) is 22.6. The molecule has 4 atom stereocenters. The van der Waals surface area contributed by atoms with Crippen molar-refractivity contribution in [1.29, 1.82) is 0 Å². The lowest BCUT2D eigenvalue weighted by molar-refractivity contribution is -0.116. The quantitative estimate of drug-likeness (QED) is 0.661. The second-order valence-electron chi connectivity index (χ2n) is 8.45. The van der Waals surface area contributed by atoms with Crippen molar-refractivity contribution < 1.29 is 14.6 Å². The van der Waals surface area contributed by atoms with E-state index in [1.54, 1.807) is 0 Å². The number of rotatable bonds is 6. The molecule has 0 saturated heterocycles. The van der Waals surface area contributed by atoms with Crippen molar-refractivity contribution in [2.45, 2.75) is 57.7 Å². The summed E-state index contributed by atoms with van der Waals surface area (Å²) in [5, 5.41) is 20.5. The number of amides is 1. The van der Waals surface area contributed by atoms with E-state index in [1.165, 1.54) is 0 Å². The van der Waals surface area contributed by atoms with Gasteiger partial charge in [-0.05, 0) is 49.6 Å². The molecule has 2 N–H and O–H groups in total. The number of aliphatic hydroxyl groups is 1. The molecule has 170 valence electrons. The number of hydrazone groups is 1. The van der Waals surface area contributed by atoms with Crippen molar-refractivity contribution in [3.63, 3.8) is 0 Å². The van der Waals surface area contributed by atoms with Gasteiger partial charge in [-0.25, -0.2) is 0 Å². The van der Waals surface area contributed by atoms with Crippen molar-refractivity contribution in [1.82, 2.24) is 5.32 Å². The minimum absolute atomic E-state index is 0.176. The number of nitrogens with zero attached hydrogens (tertiary/aromatic N) is 2. The van der Waals surface area contributed by atoms with Gasteiger partial charge < -0.3 is 15.2 Å². The van der Waals surface area contributed by atoms with Crippen LogP contribution in [0.4, 0.5) is 5.69 Å². The van der Waals surface area contributed by atoms with Crippen LogP contribution in [-0.4, -0.2) is 35.5 Å². The minimum atomic E-state index is -0.508. The zero-order chi connectivity index (χ0) is 22.7. The third-order valence-electron chi connectivity index (χ3n) is 6.29. The summed E-state index contributed by atoms with van der Waals surface area (Å²) in [4.78, 5) is 13.2. The molecule has 2 aromatic rings. The van der Waals surface area contributed by atoms with Gasteiger partial charge in [-0.2, -0.15) is 5.10 Å². The maximum Gasteiger partial charge on any atom is 0.268 e. The summed E-state index contributed by atoms with van der Waals surface area (Å²) in [5.74, 6) is 0.398. The minimum Gasteiger partial charge on any atom is -0.494 e. The van der Waals surface area contributed by atoms with E-state index in [1.807, 2.05) is 67.4 Å². The molecule has 2 unspecified atom stereocenters. The number of nitrogens with one attached hydrogen (secondary N) is 1. The number of para-hydroxylation sites is 1. The number of carbonyl (C=O) groups excluding carboxylic acids is 1. The normalized spacial score (nSPS) is 25.4. The molecule has 2 aromatic carbocycles. The number of hydrogen-bond acceptors (Lipinski definition) is 5. The predicted octanol–water partition coefficient (Wildman–Crippen LogP) is 4.71. The Balaban J connectivity index is 1.65. The summed E-state index contributed by atoms with van der Waals surface area (Å²) in [5.41, 5.74) is 2.21. The van der Waals surface area contributed by atoms with E-state index in [0.717, 1.165) is 36.3 Å². The zero-order valence-electron chi connectivity index (χ0n) is 18.5. The average Bonchev–Trinajstić information content (AvgIpc) is 3.13. The molecule has 0 radical (unpaired) electrons. The van der Waals surface area contributed by atoms with Gasteiger partial charge in [0, 0.05) is 5.92 Å². The van der Waals surface area contributed by atoms with Crippen LogP contribution in [0.3, 0.4) is 0 Å². The van der Waals surface area contributed by atoms with Crippen molar-refractivity contribution in [2.24, 2.45) is 11.0 Å². The van der Waals surface area contributed by atoms with Crippen LogP contribution in [0, 0.1) is 5.92 Å². The van der Waals surface area contributed by atoms with E-state index in [0.29, 0.717) is 23.8 Å². The number of anilines is 1. The van der Waals surface area contributed by atoms with E-state index < -0.39 is 6.10 Å². The van der Waals surface area contributed by atoms with Gasteiger partial charge in [-0.3, -0.25) is 9.80 Å². The molecule has 0 bridgehead atoms. The molecule has 7 heteroatoms. The number of ether oxygens (including phenoxy) is 1. The smallest absolute Gasteiger partial charge is 0.268 e. The number of carbonyl (C=O) groups is 1. The lowest BCUT2D eigenvalue weighted by atomic mass is 9.89. The van der Waals surface area contributed by atoms with Crippen LogP contribution in [0.25, 0.3) is 0 Å². The summed E-state index contributed by atoms with van der Waals surface area (Å²) in [7, 11) is 0. The first-order valence-electron chi connectivity index (χ1n) is 11.3. The molecule has 2 aliphatic rings. The summed E-state index contributed by atoms with van der Waals surface area (Å²) in [6, 6.07) is 15.0. The van der Waals surface area contributed by atoms with Crippen LogP contribution >= 0.6 is 11.6 Å². The second-order valence-corrected chi connectivity index (χ2v) is 8.86. The molecule has 1 saturated carbocycles. The Hall–Kier alpha value is -2.57. The lowest BCUT2D eigenvalue weighted by Crippen LogP contribution is -2.48. The standard InChI is InChI=1S/C25H30ClN3O3/c1-3-32-18-14-12-17(13-15-18)24-16(2)23(25(31)27-20-9-5-7-11-22(20)30)28-29(24)21-10-6-4-8-19(21)26/h4,6,8,10,12-16,20,22,24,30H,3,5,7,9,11H2,1-2H3,(H,27,31)/t16?,20-,22-,24?/m0/s1. The molecule has 1 heterocycles. The van der Waals surface area contributed by atoms with Gasteiger partial charge in [0.25, 0.3) is 5.91 Å². The maximum atomic E-state index is 13.2. The van der Waals surface area contributed by atoms with Gasteiger partial charge >= 0.3 is 0 Å². The fraction of sp³-hybridized carbons (Fsp3) is 0.440. The first-order chi connectivity index (χ1) is 15.5. The van der Waals surface area contributed by atoms with Crippen LogP contribution in [0.15, 0.2) is 53.6 Å².